The number of carbonyl (C=O) groups excluding carboxylic acids is 3. The van der Waals surface area contributed by atoms with Crippen molar-refractivity contribution in [2.24, 2.45) is 0 Å². The van der Waals surface area contributed by atoms with E-state index >= 15 is 0 Å². The van der Waals surface area contributed by atoms with E-state index in [-0.39, 0.29) is 24.1 Å². The molecule has 35 heavy (non-hydrogen) atoms. The molecule has 0 saturated carbocycles. The standard InChI is InChI=1S/C29H57N3O3/c1-4-7-10-11-12-13-14-15-16-17-18-19-20-21-28(34)32-26(29(35)31-25-9-6-3)22-23-27(33)30-24-8-5-2/h26H,4-25H2,1-3H3,(H,30,33)(H,31,35)(H,32,34)/t26-/m0/s1. The first-order valence-corrected chi connectivity index (χ1v) is 14.9. The normalized spacial score (nSPS) is 11.7. The Morgan fingerprint density at radius 2 is 0.971 bits per heavy atom. The summed E-state index contributed by atoms with van der Waals surface area (Å²) in [6, 6.07) is -0.641. The Balaban J connectivity index is 4.04. The van der Waals surface area contributed by atoms with Gasteiger partial charge in [0.05, 0.1) is 0 Å². The van der Waals surface area contributed by atoms with Gasteiger partial charge in [-0.2, -0.15) is 0 Å². The van der Waals surface area contributed by atoms with Gasteiger partial charge in [0, 0.05) is 25.9 Å². The lowest BCUT2D eigenvalue weighted by molar-refractivity contribution is -0.129. The first kappa shape index (κ1) is 33.4. The second-order valence-electron chi connectivity index (χ2n) is 10.00. The van der Waals surface area contributed by atoms with Crippen LogP contribution in [-0.4, -0.2) is 36.9 Å². The molecular formula is C29H57N3O3. The number of rotatable bonds is 25. The Bertz CT molecular complexity index is 525. The first-order chi connectivity index (χ1) is 17.0. The summed E-state index contributed by atoms with van der Waals surface area (Å²) >= 11 is 0. The Morgan fingerprint density at radius 1 is 0.514 bits per heavy atom. The number of unbranched alkanes of at least 4 members (excludes halogenated alkanes) is 14. The summed E-state index contributed by atoms with van der Waals surface area (Å²) in [4.78, 5) is 37.1. The van der Waals surface area contributed by atoms with E-state index in [4.69, 9.17) is 0 Å². The van der Waals surface area contributed by atoms with Crippen LogP contribution < -0.4 is 16.0 Å². The average Bonchev–Trinajstić information content (AvgIpc) is 2.84. The van der Waals surface area contributed by atoms with Gasteiger partial charge in [-0.15, -0.1) is 0 Å². The molecule has 0 aromatic heterocycles. The number of carbonyl (C=O) groups is 3. The number of nitrogens with one attached hydrogen (secondary N) is 3. The molecule has 6 heteroatoms. The molecular weight excluding hydrogens is 438 g/mol. The fourth-order valence-corrected chi connectivity index (χ4v) is 4.12. The minimum atomic E-state index is -0.641. The van der Waals surface area contributed by atoms with E-state index in [0.717, 1.165) is 38.5 Å². The zero-order valence-corrected chi connectivity index (χ0v) is 23.4. The van der Waals surface area contributed by atoms with Crippen LogP contribution in [-0.2, 0) is 14.4 Å². The molecule has 3 amide bonds. The average molecular weight is 496 g/mol. The van der Waals surface area contributed by atoms with Crippen molar-refractivity contribution < 1.29 is 14.4 Å². The van der Waals surface area contributed by atoms with E-state index in [2.05, 4.69) is 36.7 Å². The van der Waals surface area contributed by atoms with Crippen LogP contribution in [0.1, 0.15) is 149 Å². The fourth-order valence-electron chi connectivity index (χ4n) is 4.12. The quantitative estimate of drug-likeness (QED) is 0.125. The fraction of sp³-hybridized carbons (Fsp3) is 0.897. The number of hydrogen-bond acceptors (Lipinski definition) is 3. The third-order valence-electron chi connectivity index (χ3n) is 6.50. The van der Waals surface area contributed by atoms with Crippen LogP contribution in [0.25, 0.3) is 0 Å². The van der Waals surface area contributed by atoms with Crippen LogP contribution in [0.4, 0.5) is 0 Å². The zero-order valence-electron chi connectivity index (χ0n) is 23.4. The third kappa shape index (κ3) is 22.6. The molecule has 0 bridgehead atoms. The summed E-state index contributed by atoms with van der Waals surface area (Å²) in [5.74, 6) is -0.329. The van der Waals surface area contributed by atoms with Gasteiger partial charge < -0.3 is 16.0 Å². The minimum absolute atomic E-state index is 0.0597. The topological polar surface area (TPSA) is 87.3 Å². The Hall–Kier alpha value is -1.59. The lowest BCUT2D eigenvalue weighted by Gasteiger charge is -2.18. The van der Waals surface area contributed by atoms with Gasteiger partial charge >= 0.3 is 0 Å². The summed E-state index contributed by atoms with van der Waals surface area (Å²) in [6.45, 7) is 7.67. The molecule has 0 aliphatic rings. The van der Waals surface area contributed by atoms with Crippen LogP contribution in [0.5, 0.6) is 0 Å². The highest BCUT2D eigenvalue weighted by atomic mass is 16.2. The van der Waals surface area contributed by atoms with Crippen molar-refractivity contribution in [1.82, 2.24) is 16.0 Å². The van der Waals surface area contributed by atoms with Crippen LogP contribution >= 0.6 is 0 Å². The predicted molar refractivity (Wildman–Crippen MR) is 147 cm³/mol. The van der Waals surface area contributed by atoms with Crippen molar-refractivity contribution in [3.8, 4) is 0 Å². The van der Waals surface area contributed by atoms with E-state index < -0.39 is 6.04 Å². The lowest BCUT2D eigenvalue weighted by atomic mass is 10.0. The Labute approximate surface area is 216 Å². The van der Waals surface area contributed by atoms with Gasteiger partial charge in [0.2, 0.25) is 17.7 Å². The molecule has 0 saturated heterocycles. The van der Waals surface area contributed by atoms with E-state index in [0.29, 0.717) is 25.9 Å². The van der Waals surface area contributed by atoms with Crippen molar-refractivity contribution in [2.75, 3.05) is 13.1 Å². The SMILES string of the molecule is CCCCCCCCCCCCCCCC(=O)N[C@@H](CCC(=O)NCCCC)C(=O)NCCCC. The van der Waals surface area contributed by atoms with Crippen LogP contribution in [0.2, 0.25) is 0 Å². The van der Waals surface area contributed by atoms with E-state index in [9.17, 15) is 14.4 Å². The van der Waals surface area contributed by atoms with Gasteiger partial charge in [0.15, 0.2) is 0 Å². The van der Waals surface area contributed by atoms with Crippen molar-refractivity contribution in [3.05, 3.63) is 0 Å². The van der Waals surface area contributed by atoms with Gasteiger partial charge in [-0.3, -0.25) is 14.4 Å². The maximum Gasteiger partial charge on any atom is 0.242 e. The van der Waals surface area contributed by atoms with Crippen LogP contribution in [0.3, 0.4) is 0 Å². The van der Waals surface area contributed by atoms with Gasteiger partial charge in [-0.25, -0.2) is 0 Å². The Kier molecular flexibility index (Phi) is 24.3. The second kappa shape index (κ2) is 25.5. The summed E-state index contributed by atoms with van der Waals surface area (Å²) in [5, 5.41) is 8.66. The molecule has 0 aromatic rings. The lowest BCUT2D eigenvalue weighted by Crippen LogP contribution is -2.47. The molecule has 6 nitrogen and oxygen atoms in total. The summed E-state index contributed by atoms with van der Waals surface area (Å²) in [6.07, 6.45) is 21.4. The largest absolute Gasteiger partial charge is 0.356 e. The summed E-state index contributed by atoms with van der Waals surface area (Å²) < 4.78 is 0. The molecule has 0 fully saturated rings. The maximum absolute atomic E-state index is 12.6. The van der Waals surface area contributed by atoms with E-state index in [1.807, 2.05) is 0 Å². The Morgan fingerprint density at radius 3 is 1.49 bits per heavy atom. The molecule has 0 radical (unpaired) electrons. The predicted octanol–water partition coefficient (Wildman–Crippen LogP) is 6.57. The van der Waals surface area contributed by atoms with E-state index in [1.54, 1.807) is 0 Å². The molecule has 0 heterocycles. The van der Waals surface area contributed by atoms with E-state index in [1.165, 1.54) is 70.6 Å². The van der Waals surface area contributed by atoms with Gasteiger partial charge in [0.1, 0.15) is 6.04 Å². The van der Waals surface area contributed by atoms with Crippen molar-refractivity contribution in [2.45, 2.75) is 155 Å². The highest BCUT2D eigenvalue weighted by molar-refractivity contribution is 5.88. The van der Waals surface area contributed by atoms with Gasteiger partial charge in [-0.1, -0.05) is 111 Å². The number of amides is 3. The molecule has 0 aliphatic heterocycles. The minimum Gasteiger partial charge on any atom is -0.356 e. The highest BCUT2D eigenvalue weighted by Gasteiger charge is 2.21. The maximum atomic E-state index is 12.6. The molecule has 0 aromatic carbocycles. The molecule has 0 rings (SSSR count). The zero-order chi connectivity index (χ0) is 26.0. The first-order valence-electron chi connectivity index (χ1n) is 14.9. The highest BCUT2D eigenvalue weighted by Crippen LogP contribution is 2.13. The second-order valence-corrected chi connectivity index (χ2v) is 10.00. The molecule has 0 aliphatic carbocycles. The van der Waals surface area contributed by atoms with Crippen LogP contribution in [0.15, 0.2) is 0 Å². The van der Waals surface area contributed by atoms with Crippen molar-refractivity contribution in [1.29, 1.82) is 0 Å². The summed E-state index contributed by atoms with van der Waals surface area (Å²) in [7, 11) is 0. The molecule has 0 unspecified atom stereocenters. The smallest absolute Gasteiger partial charge is 0.242 e. The van der Waals surface area contributed by atoms with Crippen molar-refractivity contribution in [3.63, 3.8) is 0 Å². The number of hydrogen-bond donors (Lipinski definition) is 3. The monoisotopic (exact) mass is 495 g/mol. The molecule has 0 spiro atoms. The molecule has 3 N–H and O–H groups in total. The van der Waals surface area contributed by atoms with Crippen molar-refractivity contribution >= 4 is 17.7 Å². The van der Waals surface area contributed by atoms with Gasteiger partial charge in [0.25, 0.3) is 0 Å². The molecule has 1 atom stereocenters. The summed E-state index contributed by atoms with van der Waals surface area (Å²) in [5.41, 5.74) is 0. The van der Waals surface area contributed by atoms with Crippen LogP contribution in [0, 0.1) is 0 Å². The van der Waals surface area contributed by atoms with Gasteiger partial charge in [-0.05, 0) is 25.7 Å². The third-order valence-corrected chi connectivity index (χ3v) is 6.50. The molecule has 206 valence electrons.